The summed E-state index contributed by atoms with van der Waals surface area (Å²) in [5, 5.41) is 10.1. The summed E-state index contributed by atoms with van der Waals surface area (Å²) in [6.45, 7) is 0.886. The van der Waals surface area contributed by atoms with E-state index >= 15 is 0 Å². The predicted octanol–water partition coefficient (Wildman–Crippen LogP) is 1.11. The number of hydrogen-bond donors (Lipinski definition) is 1. The number of rotatable bonds is 2. The monoisotopic (exact) mass is 192 g/mol. The van der Waals surface area contributed by atoms with Gasteiger partial charge in [0.15, 0.2) is 0 Å². The van der Waals surface area contributed by atoms with Crippen molar-refractivity contribution in [3.05, 3.63) is 35.4 Å². The van der Waals surface area contributed by atoms with Crippen molar-refractivity contribution in [3.63, 3.8) is 0 Å². The minimum Gasteiger partial charge on any atom is -0.383 e. The van der Waals surface area contributed by atoms with Crippen LogP contribution in [0.15, 0.2) is 24.3 Å². The number of carbonyl (C=O) groups is 1. The molecule has 1 saturated heterocycles. The molecule has 1 N–H and O–H groups in total. The molecule has 1 aliphatic heterocycles. The Morgan fingerprint density at radius 3 is 3.00 bits per heavy atom. The lowest BCUT2D eigenvalue weighted by Gasteiger charge is -2.20. The lowest BCUT2D eigenvalue weighted by Crippen LogP contribution is -2.25. The highest BCUT2D eigenvalue weighted by Crippen LogP contribution is 2.30. The molecule has 2 rings (SSSR count). The first-order chi connectivity index (χ1) is 6.74. The van der Waals surface area contributed by atoms with Gasteiger partial charge in [0, 0.05) is 18.6 Å². The van der Waals surface area contributed by atoms with Crippen LogP contribution in [0.1, 0.15) is 22.3 Å². The van der Waals surface area contributed by atoms with Crippen LogP contribution < -0.4 is 0 Å². The van der Waals surface area contributed by atoms with Crippen LogP contribution in [0.5, 0.6) is 0 Å². The molecule has 1 fully saturated rings. The van der Waals surface area contributed by atoms with Gasteiger partial charge in [0.05, 0.1) is 6.61 Å². The first kappa shape index (κ1) is 9.37. The van der Waals surface area contributed by atoms with Crippen LogP contribution >= 0.6 is 0 Å². The molecule has 1 atom stereocenters. The number of benzene rings is 1. The van der Waals surface area contributed by atoms with E-state index in [0.29, 0.717) is 25.2 Å². The van der Waals surface area contributed by atoms with Gasteiger partial charge in [-0.3, -0.25) is 4.79 Å². The largest absolute Gasteiger partial charge is 0.383 e. The van der Waals surface area contributed by atoms with Gasteiger partial charge in [-0.1, -0.05) is 18.2 Å². The lowest BCUT2D eigenvalue weighted by atomic mass is 9.92. The highest BCUT2D eigenvalue weighted by Gasteiger charge is 2.34. The normalized spacial score (nSPS) is 26.4. The maximum atomic E-state index is 10.6. The minimum atomic E-state index is -0.904. The Kier molecular flexibility index (Phi) is 2.35. The smallest absolute Gasteiger partial charge is 0.150 e. The number of hydrogen-bond acceptors (Lipinski definition) is 3. The molecule has 1 heterocycles. The van der Waals surface area contributed by atoms with E-state index in [-0.39, 0.29) is 0 Å². The first-order valence-corrected chi connectivity index (χ1v) is 4.60. The van der Waals surface area contributed by atoms with Crippen molar-refractivity contribution in [1.29, 1.82) is 0 Å². The third-order valence-corrected chi connectivity index (χ3v) is 2.56. The Hall–Kier alpha value is -1.19. The molecule has 1 aliphatic rings. The minimum absolute atomic E-state index is 0.315. The maximum absolute atomic E-state index is 10.6. The molecule has 0 saturated carbocycles. The molecule has 3 nitrogen and oxygen atoms in total. The molecule has 3 heteroatoms. The number of aldehydes is 1. The number of ether oxygens (including phenoxy) is 1. The maximum Gasteiger partial charge on any atom is 0.150 e. The van der Waals surface area contributed by atoms with E-state index in [1.165, 1.54) is 0 Å². The van der Waals surface area contributed by atoms with Crippen molar-refractivity contribution in [1.82, 2.24) is 0 Å². The quantitative estimate of drug-likeness (QED) is 0.714. The van der Waals surface area contributed by atoms with Crippen LogP contribution in [-0.4, -0.2) is 24.6 Å². The Morgan fingerprint density at radius 2 is 2.36 bits per heavy atom. The third kappa shape index (κ3) is 1.56. The average Bonchev–Trinajstić information content (AvgIpc) is 2.67. The van der Waals surface area contributed by atoms with Gasteiger partial charge < -0.3 is 9.84 Å². The standard InChI is InChI=1S/C11H12O3/c12-7-9-2-1-3-10(6-9)11(13)4-5-14-8-11/h1-3,6-7,13H,4-5,8H2. The second-order valence-electron chi connectivity index (χ2n) is 3.58. The summed E-state index contributed by atoms with van der Waals surface area (Å²) in [7, 11) is 0. The molecule has 1 aromatic carbocycles. The van der Waals surface area contributed by atoms with E-state index in [1.54, 1.807) is 18.2 Å². The number of aliphatic hydroxyl groups is 1. The first-order valence-electron chi connectivity index (χ1n) is 4.60. The summed E-state index contributed by atoms with van der Waals surface area (Å²) in [4.78, 5) is 10.6. The van der Waals surface area contributed by atoms with Crippen molar-refractivity contribution >= 4 is 6.29 Å². The van der Waals surface area contributed by atoms with E-state index in [0.717, 1.165) is 11.8 Å². The molecular weight excluding hydrogens is 180 g/mol. The van der Waals surface area contributed by atoms with Gasteiger partial charge in [0.1, 0.15) is 11.9 Å². The fourth-order valence-electron chi connectivity index (χ4n) is 1.68. The van der Waals surface area contributed by atoms with E-state index in [2.05, 4.69) is 0 Å². The molecule has 1 unspecified atom stereocenters. The van der Waals surface area contributed by atoms with Gasteiger partial charge >= 0.3 is 0 Å². The molecule has 0 radical (unpaired) electrons. The second kappa shape index (κ2) is 3.52. The topological polar surface area (TPSA) is 46.5 Å². The molecular formula is C11H12O3. The van der Waals surface area contributed by atoms with Crippen LogP contribution in [-0.2, 0) is 10.3 Å². The third-order valence-electron chi connectivity index (χ3n) is 2.56. The van der Waals surface area contributed by atoms with E-state index in [9.17, 15) is 9.90 Å². The fourth-order valence-corrected chi connectivity index (χ4v) is 1.68. The summed E-state index contributed by atoms with van der Waals surface area (Å²) in [5.74, 6) is 0. The van der Waals surface area contributed by atoms with Crippen LogP contribution in [0.4, 0.5) is 0 Å². The molecule has 0 aliphatic carbocycles. The van der Waals surface area contributed by atoms with Crippen molar-refractivity contribution in [2.45, 2.75) is 12.0 Å². The Balaban J connectivity index is 2.35. The predicted molar refractivity (Wildman–Crippen MR) is 51.2 cm³/mol. The van der Waals surface area contributed by atoms with Gasteiger partial charge in [-0.05, 0) is 11.6 Å². The van der Waals surface area contributed by atoms with Crippen LogP contribution in [0, 0.1) is 0 Å². The molecule has 1 aromatic rings. The summed E-state index contributed by atoms with van der Waals surface area (Å²) in [6, 6.07) is 7.02. The van der Waals surface area contributed by atoms with E-state index in [1.807, 2.05) is 6.07 Å². The zero-order chi connectivity index (χ0) is 10.0. The Morgan fingerprint density at radius 1 is 1.50 bits per heavy atom. The average molecular weight is 192 g/mol. The van der Waals surface area contributed by atoms with Gasteiger partial charge in [-0.25, -0.2) is 0 Å². The molecule has 0 bridgehead atoms. The highest BCUT2D eigenvalue weighted by atomic mass is 16.5. The highest BCUT2D eigenvalue weighted by molar-refractivity contribution is 5.75. The fraction of sp³-hybridized carbons (Fsp3) is 0.364. The Labute approximate surface area is 82.3 Å². The van der Waals surface area contributed by atoms with Gasteiger partial charge in [-0.2, -0.15) is 0 Å². The van der Waals surface area contributed by atoms with Crippen molar-refractivity contribution < 1.29 is 14.6 Å². The summed E-state index contributed by atoms with van der Waals surface area (Å²) in [6.07, 6.45) is 1.37. The molecule has 74 valence electrons. The van der Waals surface area contributed by atoms with Crippen molar-refractivity contribution in [2.75, 3.05) is 13.2 Å². The second-order valence-corrected chi connectivity index (χ2v) is 3.58. The van der Waals surface area contributed by atoms with Gasteiger partial charge in [0.2, 0.25) is 0 Å². The van der Waals surface area contributed by atoms with Crippen molar-refractivity contribution in [3.8, 4) is 0 Å². The van der Waals surface area contributed by atoms with Crippen molar-refractivity contribution in [2.24, 2.45) is 0 Å². The zero-order valence-corrected chi connectivity index (χ0v) is 7.77. The summed E-state index contributed by atoms with van der Waals surface area (Å²) in [5.41, 5.74) is 0.446. The molecule has 14 heavy (non-hydrogen) atoms. The van der Waals surface area contributed by atoms with Crippen LogP contribution in [0.25, 0.3) is 0 Å². The van der Waals surface area contributed by atoms with E-state index in [4.69, 9.17) is 4.74 Å². The van der Waals surface area contributed by atoms with Gasteiger partial charge in [0.25, 0.3) is 0 Å². The SMILES string of the molecule is O=Cc1cccc(C2(O)CCOC2)c1. The molecule has 0 aromatic heterocycles. The summed E-state index contributed by atoms with van der Waals surface area (Å²) >= 11 is 0. The lowest BCUT2D eigenvalue weighted by molar-refractivity contribution is 0.0232. The van der Waals surface area contributed by atoms with Crippen LogP contribution in [0.2, 0.25) is 0 Å². The molecule has 0 amide bonds. The number of carbonyl (C=O) groups excluding carboxylic acids is 1. The Bertz CT molecular complexity index is 340. The van der Waals surface area contributed by atoms with E-state index < -0.39 is 5.60 Å². The molecule has 0 spiro atoms. The van der Waals surface area contributed by atoms with Crippen LogP contribution in [0.3, 0.4) is 0 Å². The zero-order valence-electron chi connectivity index (χ0n) is 7.77. The summed E-state index contributed by atoms with van der Waals surface area (Å²) < 4.78 is 5.15. The van der Waals surface area contributed by atoms with Gasteiger partial charge in [-0.15, -0.1) is 0 Å².